The van der Waals surface area contributed by atoms with Gasteiger partial charge < -0.3 is 14.8 Å². The number of ether oxygens (including phenoxy) is 2. The minimum Gasteiger partial charge on any atom is -0.428 e. The van der Waals surface area contributed by atoms with Crippen molar-refractivity contribution >= 4 is 12.1 Å². The molecule has 0 aromatic heterocycles. The molecule has 5 heteroatoms. The van der Waals surface area contributed by atoms with Gasteiger partial charge in [-0.05, 0) is 46.6 Å². The summed E-state index contributed by atoms with van der Waals surface area (Å²) in [6, 6.07) is 0.366. The number of carbonyl (C=O) groups excluding carboxylic acids is 2. The van der Waals surface area contributed by atoms with Crippen LogP contribution in [0.25, 0.3) is 0 Å². The lowest BCUT2D eigenvalue weighted by Crippen LogP contribution is -2.34. The van der Waals surface area contributed by atoms with Crippen LogP contribution in [0.3, 0.4) is 0 Å². The predicted molar refractivity (Wildman–Crippen MR) is 67.2 cm³/mol. The van der Waals surface area contributed by atoms with Gasteiger partial charge in [-0.3, -0.25) is 4.79 Å². The molecule has 1 heterocycles. The van der Waals surface area contributed by atoms with Gasteiger partial charge in [0.15, 0.2) is 0 Å². The third-order valence-electron chi connectivity index (χ3n) is 2.70. The summed E-state index contributed by atoms with van der Waals surface area (Å²) in [5.74, 6) is -0.517. The van der Waals surface area contributed by atoms with Crippen LogP contribution in [0.15, 0.2) is 0 Å². The first kappa shape index (κ1) is 15.0. The summed E-state index contributed by atoms with van der Waals surface area (Å²) in [5, 5.41) is 3.34. The highest BCUT2D eigenvalue weighted by Crippen LogP contribution is 2.13. The maximum Gasteiger partial charge on any atom is 0.516 e. The third kappa shape index (κ3) is 6.59. The Morgan fingerprint density at radius 1 is 1.28 bits per heavy atom. The van der Waals surface area contributed by atoms with Crippen LogP contribution in [0.4, 0.5) is 4.79 Å². The molecule has 0 aliphatic carbocycles. The Morgan fingerprint density at radius 2 is 2.00 bits per heavy atom. The van der Waals surface area contributed by atoms with Gasteiger partial charge in [-0.15, -0.1) is 0 Å². The van der Waals surface area contributed by atoms with Gasteiger partial charge in [0.2, 0.25) is 0 Å². The van der Waals surface area contributed by atoms with Crippen LogP contribution in [0, 0.1) is 0 Å². The SMILES string of the molecule is CC(C)(C)OC(=O)OC(=O)CC[C@H]1CCCCN1. The van der Waals surface area contributed by atoms with E-state index in [9.17, 15) is 9.59 Å². The largest absolute Gasteiger partial charge is 0.516 e. The second kappa shape index (κ2) is 6.73. The quantitative estimate of drug-likeness (QED) is 0.621. The van der Waals surface area contributed by atoms with Crippen LogP contribution in [0.5, 0.6) is 0 Å². The minimum atomic E-state index is -0.913. The van der Waals surface area contributed by atoms with Crippen molar-refractivity contribution < 1.29 is 19.1 Å². The zero-order valence-corrected chi connectivity index (χ0v) is 11.5. The molecule has 1 aliphatic heterocycles. The van der Waals surface area contributed by atoms with Gasteiger partial charge in [0.25, 0.3) is 0 Å². The maximum atomic E-state index is 11.4. The van der Waals surface area contributed by atoms with E-state index in [0.29, 0.717) is 12.5 Å². The molecule has 0 unspecified atom stereocenters. The average molecular weight is 257 g/mol. The Balaban J connectivity index is 2.18. The standard InChI is InChI=1S/C13H23NO4/c1-13(2,3)18-12(16)17-11(15)8-7-10-6-4-5-9-14-10/h10,14H,4-9H2,1-3H3/t10-/m1/s1. The van der Waals surface area contributed by atoms with Gasteiger partial charge in [-0.25, -0.2) is 4.79 Å². The lowest BCUT2D eigenvalue weighted by Gasteiger charge is -2.23. The minimum absolute atomic E-state index is 0.247. The molecule has 1 fully saturated rings. The van der Waals surface area contributed by atoms with Crippen LogP contribution in [0.1, 0.15) is 52.9 Å². The maximum absolute atomic E-state index is 11.4. The Kier molecular flexibility index (Phi) is 5.59. The van der Waals surface area contributed by atoms with E-state index in [4.69, 9.17) is 4.74 Å². The van der Waals surface area contributed by atoms with E-state index in [0.717, 1.165) is 13.0 Å². The molecule has 0 spiro atoms. The zero-order chi connectivity index (χ0) is 13.6. The molecule has 0 saturated carbocycles. The lowest BCUT2D eigenvalue weighted by atomic mass is 10.0. The molecule has 0 aromatic carbocycles. The summed E-state index contributed by atoms with van der Waals surface area (Å²) < 4.78 is 9.49. The van der Waals surface area contributed by atoms with Crippen molar-refractivity contribution in [2.24, 2.45) is 0 Å². The Hall–Kier alpha value is -1.10. The van der Waals surface area contributed by atoms with Crippen LogP contribution in [0.2, 0.25) is 0 Å². The van der Waals surface area contributed by atoms with Crippen molar-refractivity contribution in [3.63, 3.8) is 0 Å². The molecular weight excluding hydrogens is 234 g/mol. The van der Waals surface area contributed by atoms with Gasteiger partial charge in [0, 0.05) is 12.5 Å². The summed E-state index contributed by atoms with van der Waals surface area (Å²) in [6.45, 7) is 6.19. The summed E-state index contributed by atoms with van der Waals surface area (Å²) in [4.78, 5) is 22.7. The van der Waals surface area contributed by atoms with E-state index in [1.807, 2.05) is 0 Å². The molecule has 5 nitrogen and oxygen atoms in total. The van der Waals surface area contributed by atoms with Crippen molar-refractivity contribution in [3.8, 4) is 0 Å². The Morgan fingerprint density at radius 3 is 2.56 bits per heavy atom. The normalized spacial score (nSPS) is 20.3. The smallest absolute Gasteiger partial charge is 0.428 e. The molecule has 1 atom stereocenters. The van der Waals surface area contributed by atoms with Crippen LogP contribution >= 0.6 is 0 Å². The molecule has 0 aromatic rings. The molecule has 0 radical (unpaired) electrons. The first-order chi connectivity index (χ1) is 8.37. The van der Waals surface area contributed by atoms with Crippen molar-refractivity contribution in [3.05, 3.63) is 0 Å². The number of piperidine rings is 1. The van der Waals surface area contributed by atoms with E-state index in [1.54, 1.807) is 20.8 Å². The average Bonchev–Trinajstić information content (AvgIpc) is 2.25. The molecule has 18 heavy (non-hydrogen) atoms. The zero-order valence-electron chi connectivity index (χ0n) is 11.5. The number of rotatable bonds is 3. The van der Waals surface area contributed by atoms with E-state index in [2.05, 4.69) is 10.1 Å². The van der Waals surface area contributed by atoms with Gasteiger partial charge >= 0.3 is 12.1 Å². The summed E-state index contributed by atoms with van der Waals surface area (Å²) >= 11 is 0. The van der Waals surface area contributed by atoms with Gasteiger partial charge in [-0.1, -0.05) is 6.42 Å². The number of hydrogen-bond donors (Lipinski definition) is 1. The second-order valence-corrected chi connectivity index (χ2v) is 5.62. The number of carbonyl (C=O) groups is 2. The Bertz CT molecular complexity index is 290. The van der Waals surface area contributed by atoms with E-state index in [1.165, 1.54) is 12.8 Å². The van der Waals surface area contributed by atoms with Gasteiger partial charge in [-0.2, -0.15) is 0 Å². The van der Waals surface area contributed by atoms with E-state index in [-0.39, 0.29) is 6.42 Å². The molecule has 1 saturated heterocycles. The molecule has 0 amide bonds. The third-order valence-corrected chi connectivity index (χ3v) is 2.70. The fraction of sp³-hybridized carbons (Fsp3) is 0.846. The second-order valence-electron chi connectivity index (χ2n) is 5.62. The number of hydrogen-bond acceptors (Lipinski definition) is 5. The summed E-state index contributed by atoms with van der Waals surface area (Å²) in [6.07, 6.45) is 3.51. The van der Waals surface area contributed by atoms with Crippen molar-refractivity contribution in [2.75, 3.05) is 6.54 Å². The monoisotopic (exact) mass is 257 g/mol. The van der Waals surface area contributed by atoms with Gasteiger partial charge in [0.05, 0.1) is 0 Å². The van der Waals surface area contributed by atoms with Crippen LogP contribution < -0.4 is 5.32 Å². The van der Waals surface area contributed by atoms with Crippen LogP contribution in [-0.2, 0) is 14.3 Å². The molecule has 1 rings (SSSR count). The first-order valence-electron chi connectivity index (χ1n) is 6.54. The topological polar surface area (TPSA) is 64.6 Å². The fourth-order valence-electron chi connectivity index (χ4n) is 1.88. The Labute approximate surface area is 108 Å². The number of nitrogens with one attached hydrogen (secondary N) is 1. The molecular formula is C13H23NO4. The van der Waals surface area contributed by atoms with Crippen LogP contribution in [-0.4, -0.2) is 30.3 Å². The highest BCUT2D eigenvalue weighted by Gasteiger charge is 2.21. The summed E-state index contributed by atoms with van der Waals surface area (Å²) in [7, 11) is 0. The highest BCUT2D eigenvalue weighted by atomic mass is 16.7. The molecule has 0 bridgehead atoms. The summed E-state index contributed by atoms with van der Waals surface area (Å²) in [5.41, 5.74) is -0.637. The molecule has 1 aliphatic rings. The molecule has 104 valence electrons. The predicted octanol–water partition coefficient (Wildman–Crippen LogP) is 2.39. The lowest BCUT2D eigenvalue weighted by molar-refractivity contribution is -0.141. The van der Waals surface area contributed by atoms with E-state index >= 15 is 0 Å². The fourth-order valence-corrected chi connectivity index (χ4v) is 1.88. The number of esters is 1. The van der Waals surface area contributed by atoms with E-state index < -0.39 is 17.7 Å². The highest BCUT2D eigenvalue weighted by molar-refractivity contribution is 5.81. The molecule has 1 N–H and O–H groups in total. The van der Waals surface area contributed by atoms with Crippen molar-refractivity contribution in [1.82, 2.24) is 5.32 Å². The van der Waals surface area contributed by atoms with Gasteiger partial charge in [0.1, 0.15) is 5.60 Å². The van der Waals surface area contributed by atoms with Crippen molar-refractivity contribution in [1.29, 1.82) is 0 Å². The van der Waals surface area contributed by atoms with Crippen molar-refractivity contribution in [2.45, 2.75) is 64.5 Å². The first-order valence-corrected chi connectivity index (χ1v) is 6.54.